The number of anilines is 2. The zero-order valence-electron chi connectivity index (χ0n) is 15.1. The Kier molecular flexibility index (Phi) is 6.15. The molecular weight excluding hydrogens is 382 g/mol. The molecule has 2 aromatic rings. The zero-order chi connectivity index (χ0) is 20.0. The first-order valence-electron chi connectivity index (χ1n) is 8.75. The average molecular weight is 403 g/mol. The number of amides is 3. The van der Waals surface area contributed by atoms with E-state index < -0.39 is 9.84 Å². The Morgan fingerprint density at radius 2 is 1.61 bits per heavy atom. The third kappa shape index (κ3) is 5.71. The first-order chi connectivity index (χ1) is 13.4. The molecule has 0 radical (unpaired) electrons. The number of ether oxygens (including phenoxy) is 1. The van der Waals surface area contributed by atoms with Gasteiger partial charge in [-0.15, -0.1) is 0 Å². The van der Waals surface area contributed by atoms with Gasteiger partial charge in [-0.2, -0.15) is 0 Å². The van der Waals surface area contributed by atoms with Gasteiger partial charge in [0, 0.05) is 30.5 Å². The van der Waals surface area contributed by atoms with Gasteiger partial charge in [0.05, 0.1) is 11.5 Å². The van der Waals surface area contributed by atoms with Crippen molar-refractivity contribution in [2.24, 2.45) is 0 Å². The minimum Gasteiger partial charge on any atom is -0.484 e. The molecule has 0 aromatic heterocycles. The van der Waals surface area contributed by atoms with Crippen LogP contribution in [0.1, 0.15) is 0 Å². The number of nitrogens with zero attached hydrogens (tertiary/aromatic N) is 1. The fourth-order valence-electron chi connectivity index (χ4n) is 2.65. The maximum Gasteiger partial charge on any atom is 0.321 e. The van der Waals surface area contributed by atoms with E-state index in [-0.39, 0.29) is 43.1 Å². The van der Waals surface area contributed by atoms with Crippen molar-refractivity contribution < 1.29 is 22.7 Å². The van der Waals surface area contributed by atoms with E-state index in [2.05, 4.69) is 10.6 Å². The summed E-state index contributed by atoms with van der Waals surface area (Å²) in [5, 5.41) is 5.44. The zero-order valence-corrected chi connectivity index (χ0v) is 15.9. The topological polar surface area (TPSA) is 105 Å². The Labute approximate surface area is 163 Å². The molecule has 0 unspecified atom stereocenters. The average Bonchev–Trinajstić information content (AvgIpc) is 2.67. The highest BCUT2D eigenvalue weighted by Crippen LogP contribution is 2.18. The summed E-state index contributed by atoms with van der Waals surface area (Å²) in [6.07, 6.45) is 0. The van der Waals surface area contributed by atoms with Crippen LogP contribution in [0.3, 0.4) is 0 Å². The van der Waals surface area contributed by atoms with Gasteiger partial charge in [0.2, 0.25) is 0 Å². The number of sulfone groups is 1. The molecule has 8 nitrogen and oxygen atoms in total. The molecule has 2 N–H and O–H groups in total. The second kappa shape index (κ2) is 8.75. The lowest BCUT2D eigenvalue weighted by Crippen LogP contribution is -2.45. The van der Waals surface area contributed by atoms with Crippen LogP contribution < -0.4 is 15.4 Å². The highest BCUT2D eigenvalue weighted by atomic mass is 32.2. The number of carbonyl (C=O) groups is 2. The molecule has 1 aliphatic rings. The van der Waals surface area contributed by atoms with Crippen LogP contribution in [-0.4, -0.2) is 56.5 Å². The van der Waals surface area contributed by atoms with Crippen molar-refractivity contribution in [2.45, 2.75) is 0 Å². The van der Waals surface area contributed by atoms with Gasteiger partial charge in [-0.3, -0.25) is 4.79 Å². The lowest BCUT2D eigenvalue weighted by atomic mass is 10.3. The standard InChI is InChI=1S/C19H21N3O5S/c23-18(20-15-5-2-1-3-6-15)14-27-17-8-4-7-16(13-17)21-19(24)22-9-11-28(25,26)12-10-22/h1-8,13H,9-12,14H2,(H,20,23)(H,21,24). The number of benzene rings is 2. The number of carbonyl (C=O) groups excluding carboxylic acids is 2. The molecule has 148 valence electrons. The van der Waals surface area contributed by atoms with Crippen molar-refractivity contribution in [3.63, 3.8) is 0 Å². The quantitative estimate of drug-likeness (QED) is 0.794. The third-order valence-electron chi connectivity index (χ3n) is 4.14. The normalized spacial score (nSPS) is 15.5. The molecule has 3 amide bonds. The molecule has 1 heterocycles. The monoisotopic (exact) mass is 403 g/mol. The summed E-state index contributed by atoms with van der Waals surface area (Å²) in [6, 6.07) is 15.4. The van der Waals surface area contributed by atoms with Crippen LogP contribution in [0.2, 0.25) is 0 Å². The summed E-state index contributed by atoms with van der Waals surface area (Å²) < 4.78 is 28.4. The number of hydrogen-bond donors (Lipinski definition) is 2. The highest BCUT2D eigenvalue weighted by Gasteiger charge is 2.25. The molecule has 28 heavy (non-hydrogen) atoms. The van der Waals surface area contributed by atoms with E-state index in [1.54, 1.807) is 36.4 Å². The lowest BCUT2D eigenvalue weighted by Gasteiger charge is -2.26. The van der Waals surface area contributed by atoms with Gasteiger partial charge in [0.15, 0.2) is 16.4 Å². The number of urea groups is 1. The van der Waals surface area contributed by atoms with Crippen molar-refractivity contribution in [2.75, 3.05) is 41.8 Å². The molecule has 0 bridgehead atoms. The summed E-state index contributed by atoms with van der Waals surface area (Å²) in [6.45, 7) is 0.171. The summed E-state index contributed by atoms with van der Waals surface area (Å²) in [7, 11) is -3.05. The van der Waals surface area contributed by atoms with Gasteiger partial charge in [0.1, 0.15) is 5.75 Å². The fraction of sp³-hybridized carbons (Fsp3) is 0.263. The molecule has 2 aromatic carbocycles. The molecule has 1 saturated heterocycles. The van der Waals surface area contributed by atoms with Crippen LogP contribution in [0.4, 0.5) is 16.2 Å². The molecule has 0 saturated carbocycles. The Bertz CT molecular complexity index is 933. The van der Waals surface area contributed by atoms with Crippen LogP contribution in [0.15, 0.2) is 54.6 Å². The Balaban J connectivity index is 1.51. The van der Waals surface area contributed by atoms with Gasteiger partial charge in [0.25, 0.3) is 5.91 Å². The Morgan fingerprint density at radius 3 is 2.32 bits per heavy atom. The minimum absolute atomic E-state index is 0.0277. The molecule has 0 atom stereocenters. The SMILES string of the molecule is O=C(COc1cccc(NC(=O)N2CCS(=O)(=O)CC2)c1)Nc1ccccc1. The molecule has 3 rings (SSSR count). The first kappa shape index (κ1) is 19.7. The maximum atomic E-state index is 12.3. The predicted octanol–water partition coefficient (Wildman–Crippen LogP) is 1.97. The van der Waals surface area contributed by atoms with E-state index >= 15 is 0 Å². The second-order valence-electron chi connectivity index (χ2n) is 6.30. The van der Waals surface area contributed by atoms with Crippen molar-refractivity contribution in [1.82, 2.24) is 4.90 Å². The molecule has 1 fully saturated rings. The predicted molar refractivity (Wildman–Crippen MR) is 106 cm³/mol. The number of rotatable bonds is 5. The number of para-hydroxylation sites is 1. The molecule has 0 aliphatic carbocycles. The van der Waals surface area contributed by atoms with Crippen LogP contribution in [-0.2, 0) is 14.6 Å². The van der Waals surface area contributed by atoms with E-state index in [1.165, 1.54) is 4.90 Å². The summed E-state index contributed by atoms with van der Waals surface area (Å²) in [5.41, 5.74) is 1.18. The van der Waals surface area contributed by atoms with Crippen LogP contribution >= 0.6 is 0 Å². The van der Waals surface area contributed by atoms with E-state index in [4.69, 9.17) is 4.74 Å². The smallest absolute Gasteiger partial charge is 0.321 e. The van der Waals surface area contributed by atoms with E-state index in [1.807, 2.05) is 18.2 Å². The van der Waals surface area contributed by atoms with Crippen LogP contribution in [0.25, 0.3) is 0 Å². The van der Waals surface area contributed by atoms with E-state index in [0.717, 1.165) is 0 Å². The largest absolute Gasteiger partial charge is 0.484 e. The van der Waals surface area contributed by atoms with Crippen molar-refractivity contribution in [3.8, 4) is 5.75 Å². The third-order valence-corrected chi connectivity index (χ3v) is 5.75. The van der Waals surface area contributed by atoms with Crippen molar-refractivity contribution in [3.05, 3.63) is 54.6 Å². The Morgan fingerprint density at radius 1 is 0.929 bits per heavy atom. The second-order valence-corrected chi connectivity index (χ2v) is 8.60. The van der Waals surface area contributed by atoms with Crippen LogP contribution in [0, 0.1) is 0 Å². The minimum atomic E-state index is -3.05. The summed E-state index contributed by atoms with van der Waals surface area (Å²) in [4.78, 5) is 25.7. The van der Waals surface area contributed by atoms with Gasteiger partial charge < -0.3 is 20.3 Å². The summed E-state index contributed by atoms with van der Waals surface area (Å²) >= 11 is 0. The first-order valence-corrected chi connectivity index (χ1v) is 10.6. The molecular formula is C19H21N3O5S. The van der Waals surface area contributed by atoms with Crippen LogP contribution in [0.5, 0.6) is 5.75 Å². The van der Waals surface area contributed by atoms with E-state index in [9.17, 15) is 18.0 Å². The fourth-order valence-corrected chi connectivity index (χ4v) is 3.85. The molecule has 1 aliphatic heterocycles. The number of nitrogens with one attached hydrogen (secondary N) is 2. The van der Waals surface area contributed by atoms with Crippen molar-refractivity contribution in [1.29, 1.82) is 0 Å². The van der Waals surface area contributed by atoms with Gasteiger partial charge >= 0.3 is 6.03 Å². The molecule has 0 spiro atoms. The lowest BCUT2D eigenvalue weighted by molar-refractivity contribution is -0.118. The van der Waals surface area contributed by atoms with Crippen molar-refractivity contribution >= 4 is 33.2 Å². The molecule has 9 heteroatoms. The Hall–Kier alpha value is -3.07. The van der Waals surface area contributed by atoms with E-state index in [0.29, 0.717) is 17.1 Å². The summed E-state index contributed by atoms with van der Waals surface area (Å²) in [5.74, 6) is 0.0811. The van der Waals surface area contributed by atoms with Gasteiger partial charge in [-0.1, -0.05) is 24.3 Å². The highest BCUT2D eigenvalue weighted by molar-refractivity contribution is 7.91. The van der Waals surface area contributed by atoms with Gasteiger partial charge in [-0.25, -0.2) is 13.2 Å². The van der Waals surface area contributed by atoms with Gasteiger partial charge in [-0.05, 0) is 24.3 Å². The maximum absolute atomic E-state index is 12.3. The number of hydrogen-bond acceptors (Lipinski definition) is 5.